The molecule has 0 aromatic heterocycles. The van der Waals surface area contributed by atoms with Gasteiger partial charge in [-0.15, -0.1) is 0 Å². The molecule has 0 aliphatic carbocycles. The number of carbonyl (C=O) groups is 1. The maximum absolute atomic E-state index is 13.2. The Kier molecular flexibility index (Phi) is 4.71. The van der Waals surface area contributed by atoms with E-state index in [1.54, 1.807) is 6.07 Å². The Morgan fingerprint density at radius 3 is 2.80 bits per heavy atom. The fourth-order valence-corrected chi connectivity index (χ4v) is 1.44. The molecule has 0 saturated heterocycles. The minimum Gasteiger partial charge on any atom is -0.490 e. The molecule has 0 amide bonds. The zero-order chi connectivity index (χ0) is 11.3. The number of halogens is 2. The van der Waals surface area contributed by atoms with Crippen molar-refractivity contribution < 1.29 is 18.7 Å². The topological polar surface area (TPSA) is 35.5 Å². The summed E-state index contributed by atoms with van der Waals surface area (Å²) in [5, 5.41) is 0. The van der Waals surface area contributed by atoms with Crippen LogP contribution in [0.1, 0.15) is 10.4 Å². The molecule has 1 aromatic carbocycles. The number of ether oxygens (including phenoxy) is 2. The highest BCUT2D eigenvalue weighted by atomic mass is 79.9. The van der Waals surface area contributed by atoms with E-state index in [-0.39, 0.29) is 17.9 Å². The Labute approximate surface area is 95.3 Å². The number of rotatable bonds is 5. The van der Waals surface area contributed by atoms with Crippen molar-refractivity contribution in [3.63, 3.8) is 0 Å². The van der Waals surface area contributed by atoms with Crippen molar-refractivity contribution in [1.82, 2.24) is 0 Å². The van der Waals surface area contributed by atoms with Crippen molar-refractivity contribution in [2.75, 3.05) is 20.3 Å². The first-order valence-electron chi connectivity index (χ1n) is 4.25. The van der Waals surface area contributed by atoms with E-state index in [1.165, 1.54) is 13.2 Å². The van der Waals surface area contributed by atoms with E-state index in [1.807, 2.05) is 0 Å². The van der Waals surface area contributed by atoms with Gasteiger partial charge in [-0.3, -0.25) is 4.79 Å². The number of hydrogen-bond acceptors (Lipinski definition) is 3. The van der Waals surface area contributed by atoms with Crippen LogP contribution in [0.4, 0.5) is 4.39 Å². The molecule has 1 aromatic rings. The Morgan fingerprint density at radius 1 is 1.47 bits per heavy atom. The van der Waals surface area contributed by atoms with Gasteiger partial charge in [0.2, 0.25) is 0 Å². The van der Waals surface area contributed by atoms with E-state index >= 15 is 0 Å². The third-order valence-electron chi connectivity index (χ3n) is 1.72. The second kappa shape index (κ2) is 5.82. The second-order valence-corrected chi connectivity index (χ2v) is 3.67. The Balaban J connectivity index is 2.88. The van der Waals surface area contributed by atoms with E-state index in [0.29, 0.717) is 17.4 Å². The minimum atomic E-state index is -0.605. The molecule has 82 valence electrons. The van der Waals surface area contributed by atoms with Crippen LogP contribution in [0, 0.1) is 5.82 Å². The smallest absolute Gasteiger partial charge is 0.156 e. The predicted molar refractivity (Wildman–Crippen MR) is 56.9 cm³/mol. The lowest BCUT2D eigenvalue weighted by Crippen LogP contribution is -2.06. The Morgan fingerprint density at radius 2 is 2.20 bits per heavy atom. The molecule has 3 nitrogen and oxygen atoms in total. The molecule has 0 N–H and O–H groups in total. The number of hydrogen-bond donors (Lipinski definition) is 0. The summed E-state index contributed by atoms with van der Waals surface area (Å²) in [6, 6.07) is 2.76. The van der Waals surface area contributed by atoms with Crippen LogP contribution in [0.25, 0.3) is 0 Å². The van der Waals surface area contributed by atoms with Gasteiger partial charge in [-0.25, -0.2) is 4.39 Å². The standard InChI is InChI=1S/C10H10BrFO3/c1-14-2-3-15-10-5-7(11)4-9(12)8(10)6-13/h4-6H,2-3H2,1H3. The SMILES string of the molecule is COCCOc1cc(Br)cc(F)c1C=O. The zero-order valence-corrected chi connectivity index (χ0v) is 9.71. The van der Waals surface area contributed by atoms with Crippen LogP contribution in [0.15, 0.2) is 16.6 Å². The largest absolute Gasteiger partial charge is 0.490 e. The lowest BCUT2D eigenvalue weighted by atomic mass is 10.2. The highest BCUT2D eigenvalue weighted by molar-refractivity contribution is 9.10. The molecule has 0 aliphatic heterocycles. The summed E-state index contributed by atoms with van der Waals surface area (Å²) in [5.41, 5.74) is -0.0747. The molecule has 1 rings (SSSR count). The van der Waals surface area contributed by atoms with Gasteiger partial charge in [0.05, 0.1) is 12.2 Å². The number of benzene rings is 1. The maximum atomic E-state index is 13.2. The highest BCUT2D eigenvalue weighted by Gasteiger charge is 2.10. The molecule has 0 atom stereocenters. The van der Waals surface area contributed by atoms with Gasteiger partial charge in [0, 0.05) is 11.6 Å². The van der Waals surface area contributed by atoms with Crippen LogP contribution >= 0.6 is 15.9 Å². The molecule has 0 bridgehead atoms. The normalized spacial score (nSPS) is 10.1. The van der Waals surface area contributed by atoms with Crippen molar-refractivity contribution >= 4 is 22.2 Å². The third kappa shape index (κ3) is 3.28. The maximum Gasteiger partial charge on any atom is 0.156 e. The highest BCUT2D eigenvalue weighted by Crippen LogP contribution is 2.25. The van der Waals surface area contributed by atoms with Gasteiger partial charge in [-0.05, 0) is 12.1 Å². The fourth-order valence-electron chi connectivity index (χ4n) is 1.03. The average molecular weight is 277 g/mol. The molecular formula is C10H10BrFO3. The van der Waals surface area contributed by atoms with E-state index in [2.05, 4.69) is 15.9 Å². The summed E-state index contributed by atoms with van der Waals surface area (Å²) >= 11 is 3.12. The monoisotopic (exact) mass is 276 g/mol. The van der Waals surface area contributed by atoms with Gasteiger partial charge in [0.15, 0.2) is 6.29 Å². The first-order chi connectivity index (χ1) is 7.19. The summed E-state index contributed by atoms with van der Waals surface area (Å²) in [5.74, 6) is -0.388. The molecule has 5 heteroatoms. The van der Waals surface area contributed by atoms with E-state index < -0.39 is 5.82 Å². The van der Waals surface area contributed by atoms with Crippen molar-refractivity contribution in [1.29, 1.82) is 0 Å². The molecule has 0 fully saturated rings. The predicted octanol–water partition coefficient (Wildman–Crippen LogP) is 2.43. The van der Waals surface area contributed by atoms with Gasteiger partial charge >= 0.3 is 0 Å². The summed E-state index contributed by atoms with van der Waals surface area (Å²) in [6.45, 7) is 0.652. The summed E-state index contributed by atoms with van der Waals surface area (Å²) < 4.78 is 23.8. The van der Waals surface area contributed by atoms with E-state index in [4.69, 9.17) is 9.47 Å². The van der Waals surface area contributed by atoms with Crippen molar-refractivity contribution in [3.05, 3.63) is 28.0 Å². The van der Waals surface area contributed by atoms with Crippen LogP contribution in [0.3, 0.4) is 0 Å². The van der Waals surface area contributed by atoms with Gasteiger partial charge in [-0.2, -0.15) is 0 Å². The summed E-state index contributed by atoms with van der Waals surface area (Å²) in [4.78, 5) is 10.6. The van der Waals surface area contributed by atoms with Crippen LogP contribution in [-0.2, 0) is 4.74 Å². The second-order valence-electron chi connectivity index (χ2n) is 2.76. The summed E-state index contributed by atoms with van der Waals surface area (Å²) in [6.07, 6.45) is 0.434. The lowest BCUT2D eigenvalue weighted by Gasteiger charge is -2.08. The van der Waals surface area contributed by atoms with Crippen LogP contribution in [-0.4, -0.2) is 26.6 Å². The number of carbonyl (C=O) groups excluding carboxylic acids is 1. The fraction of sp³-hybridized carbons (Fsp3) is 0.300. The van der Waals surface area contributed by atoms with Crippen molar-refractivity contribution in [3.8, 4) is 5.75 Å². The molecule has 0 spiro atoms. The molecule has 0 saturated carbocycles. The zero-order valence-electron chi connectivity index (χ0n) is 8.13. The molecular weight excluding hydrogens is 267 g/mol. The lowest BCUT2D eigenvalue weighted by molar-refractivity contribution is 0.111. The first kappa shape index (κ1) is 12.1. The molecule has 0 radical (unpaired) electrons. The molecule has 0 aliphatic rings. The molecule has 0 heterocycles. The average Bonchev–Trinajstić information content (AvgIpc) is 2.17. The van der Waals surface area contributed by atoms with Gasteiger partial charge in [0.1, 0.15) is 18.2 Å². The number of aldehydes is 1. The van der Waals surface area contributed by atoms with Crippen LogP contribution < -0.4 is 4.74 Å². The van der Waals surface area contributed by atoms with Gasteiger partial charge in [-0.1, -0.05) is 15.9 Å². The van der Waals surface area contributed by atoms with E-state index in [9.17, 15) is 9.18 Å². The first-order valence-corrected chi connectivity index (χ1v) is 5.04. The van der Waals surface area contributed by atoms with Gasteiger partial charge < -0.3 is 9.47 Å². The molecule has 15 heavy (non-hydrogen) atoms. The Bertz CT molecular complexity index is 355. The minimum absolute atomic E-state index is 0.0747. The quantitative estimate of drug-likeness (QED) is 0.612. The van der Waals surface area contributed by atoms with Crippen molar-refractivity contribution in [2.24, 2.45) is 0 Å². The summed E-state index contributed by atoms with van der Waals surface area (Å²) in [7, 11) is 1.53. The van der Waals surface area contributed by atoms with Crippen LogP contribution in [0.5, 0.6) is 5.75 Å². The number of methoxy groups -OCH3 is 1. The molecule has 0 unspecified atom stereocenters. The third-order valence-corrected chi connectivity index (χ3v) is 2.18. The van der Waals surface area contributed by atoms with Crippen molar-refractivity contribution in [2.45, 2.75) is 0 Å². The van der Waals surface area contributed by atoms with E-state index in [0.717, 1.165) is 0 Å². The van der Waals surface area contributed by atoms with Gasteiger partial charge in [0.25, 0.3) is 0 Å². The Hall–Kier alpha value is -0.940. The van der Waals surface area contributed by atoms with Crippen LogP contribution in [0.2, 0.25) is 0 Å².